The Morgan fingerprint density at radius 2 is 1.48 bits per heavy atom. The van der Waals surface area contributed by atoms with E-state index in [0.29, 0.717) is 12.2 Å². The number of nitrogens with two attached hydrogens (primary N) is 3. The van der Waals surface area contributed by atoms with Gasteiger partial charge in [0, 0.05) is 0 Å². The highest BCUT2D eigenvalue weighted by Gasteiger charge is 2.26. The number of hydrogen-bond donors (Lipinski definition) is 7. The van der Waals surface area contributed by atoms with E-state index in [9.17, 15) is 28.8 Å². The van der Waals surface area contributed by atoms with Gasteiger partial charge in [0.15, 0.2) is 0 Å². The maximum absolute atomic E-state index is 12.2. The van der Waals surface area contributed by atoms with Crippen LogP contribution in [0.1, 0.15) is 19.3 Å². The third kappa shape index (κ3) is 11.5. The molecule has 0 bridgehead atoms. The molecule has 0 aliphatic rings. The monoisotopic (exact) mass is 434 g/mol. The van der Waals surface area contributed by atoms with Gasteiger partial charge in [-0.1, -0.05) is 0 Å². The lowest BCUT2D eigenvalue weighted by Crippen LogP contribution is -2.54. The van der Waals surface area contributed by atoms with Crippen molar-refractivity contribution in [2.45, 2.75) is 37.4 Å². The molecular weight excluding hydrogens is 408 g/mol. The van der Waals surface area contributed by atoms with E-state index in [1.165, 1.54) is 11.8 Å². The summed E-state index contributed by atoms with van der Waals surface area (Å²) >= 11 is 1.48. The van der Waals surface area contributed by atoms with Crippen LogP contribution in [0.4, 0.5) is 0 Å². The fraction of sp³-hybridized carbons (Fsp3) is 0.600. The van der Waals surface area contributed by atoms with Gasteiger partial charge in [-0.2, -0.15) is 11.8 Å². The van der Waals surface area contributed by atoms with Crippen LogP contribution in [0.3, 0.4) is 0 Å². The summed E-state index contributed by atoms with van der Waals surface area (Å²) in [4.78, 5) is 69.0. The van der Waals surface area contributed by atoms with Crippen LogP contribution in [0, 0.1) is 0 Å². The first kappa shape index (κ1) is 26.1. The molecule has 164 valence electrons. The fourth-order valence-corrected chi connectivity index (χ4v) is 2.49. The second-order valence-electron chi connectivity index (χ2n) is 5.97. The molecule has 0 saturated carbocycles. The maximum Gasteiger partial charge on any atom is 0.326 e. The van der Waals surface area contributed by atoms with Crippen molar-refractivity contribution in [3.8, 4) is 0 Å². The van der Waals surface area contributed by atoms with Gasteiger partial charge in [0.1, 0.15) is 12.1 Å². The summed E-state index contributed by atoms with van der Waals surface area (Å²) < 4.78 is 0. The standard InChI is InChI=1S/C15H26N6O7S/c1-29-3-2-7(16)13(25)21-8(4-10(17)22)14(26)19-6-12(24)20-9(15(27)28)5-11(18)23/h7-9H,2-6,16H2,1H3,(H2,17,22)(H2,18,23)(H,19,26)(H,20,24)(H,21,25)(H,27,28). The van der Waals surface area contributed by atoms with Gasteiger partial charge in [0.05, 0.1) is 25.4 Å². The molecule has 0 fully saturated rings. The Morgan fingerprint density at radius 1 is 0.931 bits per heavy atom. The zero-order valence-corrected chi connectivity index (χ0v) is 16.6. The molecule has 13 nitrogen and oxygen atoms in total. The number of amides is 5. The summed E-state index contributed by atoms with van der Waals surface area (Å²) in [5.74, 6) is -5.18. The van der Waals surface area contributed by atoms with Crippen molar-refractivity contribution in [1.29, 1.82) is 0 Å². The van der Waals surface area contributed by atoms with Crippen LogP contribution in [0.5, 0.6) is 0 Å². The molecule has 3 unspecified atom stereocenters. The number of aliphatic carboxylic acids is 1. The molecule has 0 aromatic heterocycles. The van der Waals surface area contributed by atoms with E-state index in [1.54, 1.807) is 0 Å². The molecular formula is C15H26N6O7S. The first-order valence-electron chi connectivity index (χ1n) is 8.39. The number of carbonyl (C=O) groups is 6. The van der Waals surface area contributed by atoms with Gasteiger partial charge in [-0.25, -0.2) is 4.79 Å². The lowest BCUT2D eigenvalue weighted by atomic mass is 10.1. The number of primary amides is 2. The molecule has 0 aliphatic heterocycles. The molecule has 0 radical (unpaired) electrons. The number of thioether (sulfide) groups is 1. The van der Waals surface area contributed by atoms with E-state index < -0.39 is 73.0 Å². The summed E-state index contributed by atoms with van der Waals surface area (Å²) in [6.45, 7) is -0.676. The van der Waals surface area contributed by atoms with Crippen molar-refractivity contribution >= 4 is 47.3 Å². The van der Waals surface area contributed by atoms with Gasteiger partial charge in [0.2, 0.25) is 29.5 Å². The SMILES string of the molecule is CSCCC(N)C(=O)NC(CC(N)=O)C(=O)NCC(=O)NC(CC(N)=O)C(=O)O. The average molecular weight is 434 g/mol. The molecule has 0 rings (SSSR count). The molecule has 3 atom stereocenters. The Bertz CT molecular complexity index is 645. The van der Waals surface area contributed by atoms with Crippen LogP contribution in [0.2, 0.25) is 0 Å². The second-order valence-corrected chi connectivity index (χ2v) is 6.95. The van der Waals surface area contributed by atoms with E-state index in [1.807, 2.05) is 11.6 Å². The van der Waals surface area contributed by atoms with Crippen LogP contribution in [-0.2, 0) is 28.8 Å². The Morgan fingerprint density at radius 3 is 1.97 bits per heavy atom. The van der Waals surface area contributed by atoms with Gasteiger partial charge in [-0.15, -0.1) is 0 Å². The molecule has 0 aromatic carbocycles. The summed E-state index contributed by atoms with van der Waals surface area (Å²) in [6.07, 6.45) is 1.01. The topological polar surface area (TPSA) is 237 Å². The van der Waals surface area contributed by atoms with Crippen molar-refractivity contribution in [2.75, 3.05) is 18.6 Å². The van der Waals surface area contributed by atoms with E-state index in [2.05, 4.69) is 10.6 Å². The van der Waals surface area contributed by atoms with Crippen LogP contribution in [-0.4, -0.2) is 77.3 Å². The molecule has 0 aliphatic carbocycles. The maximum atomic E-state index is 12.2. The Labute approximate surface area is 170 Å². The fourth-order valence-electron chi connectivity index (χ4n) is 2.00. The van der Waals surface area contributed by atoms with Crippen molar-refractivity contribution in [3.05, 3.63) is 0 Å². The highest BCUT2D eigenvalue weighted by atomic mass is 32.2. The lowest BCUT2D eigenvalue weighted by molar-refractivity contribution is -0.143. The molecule has 0 heterocycles. The highest BCUT2D eigenvalue weighted by Crippen LogP contribution is 2.00. The van der Waals surface area contributed by atoms with Gasteiger partial charge >= 0.3 is 5.97 Å². The first-order valence-corrected chi connectivity index (χ1v) is 9.78. The molecule has 0 saturated heterocycles. The van der Waals surface area contributed by atoms with Crippen molar-refractivity contribution in [2.24, 2.45) is 17.2 Å². The van der Waals surface area contributed by atoms with E-state index >= 15 is 0 Å². The third-order valence-corrected chi connectivity index (χ3v) is 4.11. The molecule has 10 N–H and O–H groups in total. The van der Waals surface area contributed by atoms with Crippen molar-refractivity contribution < 1.29 is 33.9 Å². The predicted molar refractivity (Wildman–Crippen MR) is 103 cm³/mol. The van der Waals surface area contributed by atoms with Crippen molar-refractivity contribution in [3.63, 3.8) is 0 Å². The minimum absolute atomic E-state index is 0.344. The van der Waals surface area contributed by atoms with Gasteiger partial charge < -0.3 is 38.3 Å². The number of carboxylic acid groups (broad SMARTS) is 1. The molecule has 29 heavy (non-hydrogen) atoms. The minimum Gasteiger partial charge on any atom is -0.480 e. The smallest absolute Gasteiger partial charge is 0.326 e. The molecule has 0 spiro atoms. The summed E-state index contributed by atoms with van der Waals surface area (Å²) in [7, 11) is 0. The molecule has 5 amide bonds. The quantitative estimate of drug-likeness (QED) is 0.141. The largest absolute Gasteiger partial charge is 0.480 e. The lowest BCUT2D eigenvalue weighted by Gasteiger charge is -2.20. The minimum atomic E-state index is -1.56. The van der Waals surface area contributed by atoms with E-state index in [-0.39, 0.29) is 0 Å². The first-order chi connectivity index (χ1) is 13.5. The molecule has 14 heteroatoms. The zero-order chi connectivity index (χ0) is 22.6. The van der Waals surface area contributed by atoms with Crippen LogP contribution >= 0.6 is 11.8 Å². The summed E-state index contributed by atoms with van der Waals surface area (Å²) in [5, 5.41) is 15.4. The summed E-state index contributed by atoms with van der Waals surface area (Å²) in [5.41, 5.74) is 15.7. The normalized spacial score (nSPS) is 13.4. The van der Waals surface area contributed by atoms with Crippen molar-refractivity contribution in [1.82, 2.24) is 16.0 Å². The van der Waals surface area contributed by atoms with Gasteiger partial charge in [-0.3, -0.25) is 24.0 Å². The number of hydrogen-bond acceptors (Lipinski definition) is 8. The number of rotatable bonds is 14. The van der Waals surface area contributed by atoms with Crippen LogP contribution in [0.15, 0.2) is 0 Å². The third-order valence-electron chi connectivity index (χ3n) is 3.47. The zero-order valence-electron chi connectivity index (χ0n) is 15.8. The Balaban J connectivity index is 4.82. The van der Waals surface area contributed by atoms with Crippen LogP contribution < -0.4 is 33.2 Å². The number of carbonyl (C=O) groups excluding carboxylic acids is 5. The number of nitrogens with one attached hydrogen (secondary N) is 3. The van der Waals surface area contributed by atoms with Gasteiger partial charge in [0.25, 0.3) is 0 Å². The Hall–Kier alpha value is -2.87. The number of carboxylic acids is 1. The Kier molecular flexibility index (Phi) is 12.0. The second kappa shape index (κ2) is 13.3. The van der Waals surface area contributed by atoms with E-state index in [4.69, 9.17) is 22.3 Å². The highest BCUT2D eigenvalue weighted by molar-refractivity contribution is 7.98. The molecule has 0 aromatic rings. The average Bonchev–Trinajstić information content (AvgIpc) is 2.61. The summed E-state index contributed by atoms with van der Waals surface area (Å²) in [6, 6.07) is -3.83. The van der Waals surface area contributed by atoms with E-state index in [0.717, 1.165) is 0 Å². The van der Waals surface area contributed by atoms with Gasteiger partial charge in [-0.05, 0) is 18.4 Å². The predicted octanol–water partition coefficient (Wildman–Crippen LogP) is -4.01. The van der Waals surface area contributed by atoms with Crippen LogP contribution in [0.25, 0.3) is 0 Å².